The van der Waals surface area contributed by atoms with Crippen molar-refractivity contribution in [2.75, 3.05) is 7.11 Å². The van der Waals surface area contributed by atoms with Crippen molar-refractivity contribution in [3.05, 3.63) is 40.2 Å². The monoisotopic (exact) mass is 253 g/mol. The van der Waals surface area contributed by atoms with E-state index in [1.54, 1.807) is 18.4 Å². The first-order valence-corrected chi connectivity index (χ1v) is 6.06. The Labute approximate surface area is 104 Å². The molecule has 16 heavy (non-hydrogen) atoms. The largest absolute Gasteiger partial charge is 0.497 e. The van der Waals surface area contributed by atoms with Crippen LogP contribution in [-0.4, -0.2) is 7.11 Å². The van der Waals surface area contributed by atoms with E-state index in [1.165, 1.54) is 0 Å². The highest BCUT2D eigenvalue weighted by Crippen LogP contribution is 2.34. The number of hydrogen-bond donors (Lipinski definition) is 1. The number of halogens is 1. The summed E-state index contributed by atoms with van der Waals surface area (Å²) in [5.74, 6) is 0.826. The van der Waals surface area contributed by atoms with E-state index in [9.17, 15) is 0 Å². The van der Waals surface area contributed by atoms with Gasteiger partial charge in [-0.05, 0) is 41.5 Å². The van der Waals surface area contributed by atoms with Gasteiger partial charge in [-0.3, -0.25) is 0 Å². The summed E-state index contributed by atoms with van der Waals surface area (Å²) in [7, 11) is 1.65. The molecule has 1 aromatic heterocycles. The summed E-state index contributed by atoms with van der Waals surface area (Å²) >= 11 is 7.48. The first-order valence-electron chi connectivity index (χ1n) is 4.87. The molecule has 0 aliphatic rings. The lowest BCUT2D eigenvalue weighted by molar-refractivity contribution is 0.414. The number of ether oxygens (including phenoxy) is 1. The van der Waals surface area contributed by atoms with Crippen LogP contribution in [0.15, 0.2) is 30.3 Å². The maximum atomic E-state index is 5.93. The van der Waals surface area contributed by atoms with Crippen molar-refractivity contribution in [1.82, 2.24) is 0 Å². The van der Waals surface area contributed by atoms with E-state index in [2.05, 4.69) is 0 Å². The Morgan fingerprint density at radius 1 is 1.31 bits per heavy atom. The molecule has 4 heteroatoms. The Kier molecular flexibility index (Phi) is 3.49. The van der Waals surface area contributed by atoms with Crippen LogP contribution in [0.25, 0.3) is 10.4 Å². The molecule has 2 aromatic rings. The van der Waals surface area contributed by atoms with E-state index in [0.29, 0.717) is 6.54 Å². The lowest BCUT2D eigenvalue weighted by Gasteiger charge is -2.08. The Hall–Kier alpha value is -1.03. The van der Waals surface area contributed by atoms with Crippen molar-refractivity contribution in [1.29, 1.82) is 0 Å². The lowest BCUT2D eigenvalue weighted by Crippen LogP contribution is -1.99. The molecule has 1 heterocycles. The first-order chi connectivity index (χ1) is 7.74. The molecule has 0 fully saturated rings. The second kappa shape index (κ2) is 4.87. The second-order valence-electron chi connectivity index (χ2n) is 3.33. The molecule has 0 amide bonds. The van der Waals surface area contributed by atoms with Gasteiger partial charge in [0.25, 0.3) is 0 Å². The van der Waals surface area contributed by atoms with Crippen LogP contribution in [0.5, 0.6) is 5.75 Å². The average molecular weight is 254 g/mol. The SMILES string of the molecule is COc1ccc(-c2ccc(Cl)s2)c(CN)c1. The molecule has 0 saturated heterocycles. The number of thiophene rings is 1. The smallest absolute Gasteiger partial charge is 0.119 e. The van der Waals surface area contributed by atoms with Crippen molar-refractivity contribution in [3.63, 3.8) is 0 Å². The standard InChI is InChI=1S/C12H12ClNOS/c1-15-9-2-3-10(8(6-9)7-14)11-4-5-12(13)16-11/h2-6H,7,14H2,1H3. The van der Waals surface area contributed by atoms with Gasteiger partial charge < -0.3 is 10.5 Å². The number of methoxy groups -OCH3 is 1. The third-order valence-corrected chi connectivity index (χ3v) is 3.64. The second-order valence-corrected chi connectivity index (χ2v) is 5.05. The highest BCUT2D eigenvalue weighted by Gasteiger charge is 2.07. The fraction of sp³-hybridized carbons (Fsp3) is 0.167. The molecule has 0 aliphatic carbocycles. The lowest BCUT2D eigenvalue weighted by atomic mass is 10.1. The van der Waals surface area contributed by atoms with E-state index >= 15 is 0 Å². The van der Waals surface area contributed by atoms with Gasteiger partial charge in [0.05, 0.1) is 11.4 Å². The Balaban J connectivity index is 2.48. The van der Waals surface area contributed by atoms with Gasteiger partial charge in [-0.15, -0.1) is 11.3 Å². The normalized spacial score (nSPS) is 10.4. The van der Waals surface area contributed by atoms with Crippen LogP contribution in [0.2, 0.25) is 4.34 Å². The molecular formula is C12H12ClNOS. The van der Waals surface area contributed by atoms with Gasteiger partial charge in [0.1, 0.15) is 5.75 Å². The summed E-state index contributed by atoms with van der Waals surface area (Å²) in [5, 5.41) is 0. The fourth-order valence-corrected chi connectivity index (χ4v) is 2.67. The highest BCUT2D eigenvalue weighted by atomic mass is 35.5. The van der Waals surface area contributed by atoms with Gasteiger partial charge in [0, 0.05) is 11.4 Å². The van der Waals surface area contributed by atoms with Gasteiger partial charge >= 0.3 is 0 Å². The molecule has 0 spiro atoms. The Morgan fingerprint density at radius 3 is 2.69 bits per heavy atom. The zero-order chi connectivity index (χ0) is 11.5. The van der Waals surface area contributed by atoms with E-state index < -0.39 is 0 Å². The average Bonchev–Trinajstić information content (AvgIpc) is 2.74. The van der Waals surface area contributed by atoms with Gasteiger partial charge in [-0.2, -0.15) is 0 Å². The number of hydrogen-bond acceptors (Lipinski definition) is 3. The topological polar surface area (TPSA) is 35.2 Å². The van der Waals surface area contributed by atoms with Crippen molar-refractivity contribution >= 4 is 22.9 Å². The van der Waals surface area contributed by atoms with Crippen molar-refractivity contribution in [2.45, 2.75) is 6.54 Å². The molecular weight excluding hydrogens is 242 g/mol. The first kappa shape index (κ1) is 11.5. The van der Waals surface area contributed by atoms with Gasteiger partial charge in [-0.25, -0.2) is 0 Å². The number of rotatable bonds is 3. The minimum absolute atomic E-state index is 0.488. The van der Waals surface area contributed by atoms with E-state index in [-0.39, 0.29) is 0 Å². The summed E-state index contributed by atoms with van der Waals surface area (Å²) in [4.78, 5) is 1.13. The fourth-order valence-electron chi connectivity index (χ4n) is 1.57. The number of benzene rings is 1. The van der Waals surface area contributed by atoms with Crippen LogP contribution in [0, 0.1) is 0 Å². The summed E-state index contributed by atoms with van der Waals surface area (Å²) in [5.41, 5.74) is 7.93. The zero-order valence-electron chi connectivity index (χ0n) is 8.87. The summed E-state index contributed by atoms with van der Waals surface area (Å²) < 4.78 is 5.96. The predicted octanol–water partition coefficient (Wildman–Crippen LogP) is 3.54. The summed E-state index contributed by atoms with van der Waals surface area (Å²) in [6, 6.07) is 9.81. The predicted molar refractivity (Wildman–Crippen MR) is 69.2 cm³/mol. The highest BCUT2D eigenvalue weighted by molar-refractivity contribution is 7.19. The van der Waals surface area contributed by atoms with Crippen LogP contribution in [0.4, 0.5) is 0 Å². The Morgan fingerprint density at radius 2 is 2.12 bits per heavy atom. The maximum absolute atomic E-state index is 5.93. The van der Waals surface area contributed by atoms with Crippen LogP contribution in [0.3, 0.4) is 0 Å². The number of nitrogens with two attached hydrogens (primary N) is 1. The van der Waals surface area contributed by atoms with Crippen molar-refractivity contribution in [2.24, 2.45) is 5.73 Å². The molecule has 0 saturated carbocycles. The minimum Gasteiger partial charge on any atom is -0.497 e. The van der Waals surface area contributed by atoms with Crippen LogP contribution in [-0.2, 0) is 6.54 Å². The quantitative estimate of drug-likeness (QED) is 0.908. The van der Waals surface area contributed by atoms with Crippen molar-refractivity contribution in [3.8, 4) is 16.2 Å². The molecule has 0 atom stereocenters. The summed E-state index contributed by atoms with van der Waals surface area (Å²) in [6.07, 6.45) is 0. The maximum Gasteiger partial charge on any atom is 0.119 e. The molecule has 2 N–H and O–H groups in total. The molecule has 84 valence electrons. The van der Waals surface area contributed by atoms with E-state index in [0.717, 1.165) is 26.1 Å². The van der Waals surface area contributed by atoms with Crippen LogP contribution >= 0.6 is 22.9 Å². The van der Waals surface area contributed by atoms with Gasteiger partial charge in [-0.1, -0.05) is 11.6 Å². The molecule has 1 aromatic carbocycles. The van der Waals surface area contributed by atoms with Gasteiger partial charge in [0.15, 0.2) is 0 Å². The third kappa shape index (κ3) is 2.21. The zero-order valence-corrected chi connectivity index (χ0v) is 10.4. The van der Waals surface area contributed by atoms with E-state index in [4.69, 9.17) is 22.1 Å². The third-order valence-electron chi connectivity index (χ3n) is 2.37. The molecule has 0 aliphatic heterocycles. The molecule has 2 rings (SSSR count). The van der Waals surface area contributed by atoms with E-state index in [1.807, 2.05) is 30.3 Å². The molecule has 0 unspecified atom stereocenters. The minimum atomic E-state index is 0.488. The Bertz CT molecular complexity index is 496. The molecule has 2 nitrogen and oxygen atoms in total. The molecule has 0 radical (unpaired) electrons. The van der Waals surface area contributed by atoms with Gasteiger partial charge in [0.2, 0.25) is 0 Å². The van der Waals surface area contributed by atoms with Crippen molar-refractivity contribution < 1.29 is 4.74 Å². The van der Waals surface area contributed by atoms with Crippen LogP contribution in [0.1, 0.15) is 5.56 Å². The van der Waals surface area contributed by atoms with Crippen LogP contribution < -0.4 is 10.5 Å². The summed E-state index contributed by atoms with van der Waals surface area (Å²) in [6.45, 7) is 0.488. The molecule has 0 bridgehead atoms.